The molecular weight excluding hydrogens is 286 g/mol. The number of ether oxygens (including phenoxy) is 2. The molecule has 1 heterocycles. The fourth-order valence-electron chi connectivity index (χ4n) is 2.09. The van der Waals surface area contributed by atoms with Crippen molar-refractivity contribution in [1.29, 1.82) is 0 Å². The van der Waals surface area contributed by atoms with Gasteiger partial charge in [0.1, 0.15) is 18.1 Å². The zero-order valence-electron chi connectivity index (χ0n) is 11.8. The highest BCUT2D eigenvalue weighted by Crippen LogP contribution is 2.19. The molecule has 1 aromatic heterocycles. The van der Waals surface area contributed by atoms with Crippen LogP contribution in [-0.4, -0.2) is 12.1 Å². The molecule has 0 amide bonds. The summed E-state index contributed by atoms with van der Waals surface area (Å²) in [6.45, 7) is 0.331. The van der Waals surface area contributed by atoms with E-state index in [1.54, 1.807) is 19.2 Å². The Kier molecular flexibility index (Phi) is 3.65. The lowest BCUT2D eigenvalue weighted by atomic mass is 10.2. The van der Waals surface area contributed by atoms with Crippen LogP contribution in [0.2, 0.25) is 0 Å². The standard InChI is InChI=1S/C16H13NO5/c1-20-11-4-2-3-10(7-11)9-21-12-5-6-14-13(8-12)15(18)22-16(19)17-14/h2-8H,9H2,1H3,(H,17,19). The van der Waals surface area contributed by atoms with Crippen LogP contribution >= 0.6 is 0 Å². The smallest absolute Gasteiger partial charge is 0.419 e. The number of benzene rings is 2. The van der Waals surface area contributed by atoms with Crippen molar-refractivity contribution in [3.05, 3.63) is 69.0 Å². The van der Waals surface area contributed by atoms with E-state index in [1.165, 1.54) is 6.07 Å². The molecule has 3 aromatic rings. The molecule has 0 aliphatic heterocycles. The second-order valence-electron chi connectivity index (χ2n) is 4.65. The second-order valence-corrected chi connectivity index (χ2v) is 4.65. The average molecular weight is 299 g/mol. The number of fused-ring (bicyclic) bond motifs is 1. The molecule has 2 aromatic carbocycles. The molecule has 3 rings (SSSR count). The summed E-state index contributed by atoms with van der Waals surface area (Å²) in [7, 11) is 1.60. The summed E-state index contributed by atoms with van der Waals surface area (Å²) in [5.41, 5.74) is 0.661. The lowest BCUT2D eigenvalue weighted by Crippen LogP contribution is -2.14. The SMILES string of the molecule is COc1cccc(COc2ccc3[nH]c(=O)oc(=O)c3c2)c1. The molecule has 0 radical (unpaired) electrons. The largest absolute Gasteiger partial charge is 0.497 e. The van der Waals surface area contributed by atoms with E-state index in [-0.39, 0.29) is 5.39 Å². The molecule has 1 N–H and O–H groups in total. The number of rotatable bonds is 4. The lowest BCUT2D eigenvalue weighted by molar-refractivity contribution is 0.305. The average Bonchev–Trinajstić information content (AvgIpc) is 2.53. The van der Waals surface area contributed by atoms with Crippen LogP contribution in [0.15, 0.2) is 56.5 Å². The zero-order chi connectivity index (χ0) is 15.5. The van der Waals surface area contributed by atoms with Crippen molar-refractivity contribution >= 4 is 10.9 Å². The maximum absolute atomic E-state index is 11.7. The van der Waals surface area contributed by atoms with Crippen LogP contribution in [0.4, 0.5) is 0 Å². The van der Waals surface area contributed by atoms with Gasteiger partial charge in [-0.3, -0.25) is 4.98 Å². The van der Waals surface area contributed by atoms with Gasteiger partial charge in [0.2, 0.25) is 0 Å². The van der Waals surface area contributed by atoms with Crippen molar-refractivity contribution in [3.63, 3.8) is 0 Å². The summed E-state index contributed by atoms with van der Waals surface area (Å²) >= 11 is 0. The highest BCUT2D eigenvalue weighted by Gasteiger charge is 2.05. The van der Waals surface area contributed by atoms with Crippen molar-refractivity contribution in [3.8, 4) is 11.5 Å². The lowest BCUT2D eigenvalue weighted by Gasteiger charge is -2.08. The van der Waals surface area contributed by atoms with E-state index in [0.717, 1.165) is 11.3 Å². The van der Waals surface area contributed by atoms with Gasteiger partial charge in [-0.25, -0.2) is 9.59 Å². The van der Waals surface area contributed by atoms with Crippen LogP contribution in [0, 0.1) is 0 Å². The number of hydrogen-bond acceptors (Lipinski definition) is 5. The molecule has 0 aliphatic rings. The summed E-state index contributed by atoms with van der Waals surface area (Å²) in [6, 6.07) is 12.3. The Labute approximate surface area is 124 Å². The molecule has 0 atom stereocenters. The van der Waals surface area contributed by atoms with E-state index in [9.17, 15) is 9.59 Å². The number of aromatic nitrogens is 1. The van der Waals surface area contributed by atoms with E-state index in [0.29, 0.717) is 17.9 Å². The number of nitrogens with one attached hydrogen (secondary N) is 1. The van der Waals surface area contributed by atoms with Gasteiger partial charge >= 0.3 is 11.4 Å². The van der Waals surface area contributed by atoms with Gasteiger partial charge in [0, 0.05) is 0 Å². The summed E-state index contributed by atoms with van der Waals surface area (Å²) in [5.74, 6) is 0.482. The van der Waals surface area contributed by atoms with Crippen LogP contribution in [-0.2, 0) is 6.61 Å². The van der Waals surface area contributed by atoms with Crippen molar-refractivity contribution in [2.24, 2.45) is 0 Å². The molecule has 0 fully saturated rings. The summed E-state index contributed by atoms with van der Waals surface area (Å²) in [6.07, 6.45) is 0. The molecule has 0 unspecified atom stereocenters. The molecule has 22 heavy (non-hydrogen) atoms. The Bertz CT molecular complexity index is 925. The quantitative estimate of drug-likeness (QED) is 0.797. The molecule has 112 valence electrons. The second kappa shape index (κ2) is 5.77. The van der Waals surface area contributed by atoms with E-state index in [1.807, 2.05) is 24.3 Å². The Hall–Kier alpha value is -3.02. The van der Waals surface area contributed by atoms with Gasteiger partial charge in [-0.2, -0.15) is 0 Å². The van der Waals surface area contributed by atoms with Crippen molar-refractivity contribution in [1.82, 2.24) is 4.98 Å². The highest BCUT2D eigenvalue weighted by atomic mass is 16.5. The normalized spacial score (nSPS) is 10.6. The molecule has 0 saturated carbocycles. The minimum Gasteiger partial charge on any atom is -0.497 e. The Morgan fingerprint density at radius 1 is 1.09 bits per heavy atom. The highest BCUT2D eigenvalue weighted by molar-refractivity contribution is 5.78. The first kappa shape index (κ1) is 13.9. The van der Waals surface area contributed by atoms with Gasteiger partial charge in [0.25, 0.3) is 0 Å². The van der Waals surface area contributed by atoms with Gasteiger partial charge in [-0.05, 0) is 35.9 Å². The third kappa shape index (κ3) is 2.85. The van der Waals surface area contributed by atoms with E-state index in [4.69, 9.17) is 9.47 Å². The third-order valence-corrected chi connectivity index (χ3v) is 3.17. The number of hydrogen-bond donors (Lipinski definition) is 1. The maximum Gasteiger partial charge on any atom is 0.419 e. The van der Waals surface area contributed by atoms with Crippen molar-refractivity contribution in [2.45, 2.75) is 6.61 Å². The third-order valence-electron chi connectivity index (χ3n) is 3.17. The molecule has 0 aliphatic carbocycles. The van der Waals surface area contributed by atoms with Gasteiger partial charge in [0.15, 0.2) is 0 Å². The monoisotopic (exact) mass is 299 g/mol. The van der Waals surface area contributed by atoms with E-state index in [2.05, 4.69) is 9.40 Å². The van der Waals surface area contributed by atoms with E-state index < -0.39 is 11.4 Å². The first-order valence-electron chi connectivity index (χ1n) is 6.58. The first-order valence-corrected chi connectivity index (χ1v) is 6.58. The van der Waals surface area contributed by atoms with Gasteiger partial charge in [0.05, 0.1) is 18.0 Å². The minimum atomic E-state index is -0.775. The van der Waals surface area contributed by atoms with Crippen LogP contribution in [0.3, 0.4) is 0 Å². The molecule has 0 bridgehead atoms. The van der Waals surface area contributed by atoms with Gasteiger partial charge in [-0.1, -0.05) is 12.1 Å². The fourth-order valence-corrected chi connectivity index (χ4v) is 2.09. The first-order chi connectivity index (χ1) is 10.7. The molecule has 0 spiro atoms. The molecule has 6 heteroatoms. The predicted molar refractivity (Wildman–Crippen MR) is 80.4 cm³/mol. The van der Waals surface area contributed by atoms with Crippen molar-refractivity contribution in [2.75, 3.05) is 7.11 Å². The zero-order valence-corrected chi connectivity index (χ0v) is 11.8. The van der Waals surface area contributed by atoms with Gasteiger partial charge in [-0.15, -0.1) is 0 Å². The van der Waals surface area contributed by atoms with Crippen molar-refractivity contribution < 1.29 is 13.9 Å². The van der Waals surface area contributed by atoms with Gasteiger partial charge < -0.3 is 13.9 Å². The topological polar surface area (TPSA) is 81.5 Å². The summed E-state index contributed by atoms with van der Waals surface area (Å²) in [4.78, 5) is 25.2. The molecule has 0 saturated heterocycles. The number of methoxy groups -OCH3 is 1. The summed E-state index contributed by atoms with van der Waals surface area (Å²) < 4.78 is 15.3. The fraction of sp³-hybridized carbons (Fsp3) is 0.125. The minimum absolute atomic E-state index is 0.266. The van der Waals surface area contributed by atoms with Crippen LogP contribution in [0.5, 0.6) is 11.5 Å². The predicted octanol–water partition coefficient (Wildman–Crippen LogP) is 2.07. The molecular formula is C16H13NO5. The van der Waals surface area contributed by atoms with Crippen LogP contribution in [0.1, 0.15) is 5.56 Å². The van der Waals surface area contributed by atoms with Crippen LogP contribution in [0.25, 0.3) is 10.9 Å². The summed E-state index contributed by atoms with van der Waals surface area (Å²) in [5, 5.41) is 0.266. The Morgan fingerprint density at radius 3 is 2.77 bits per heavy atom. The Morgan fingerprint density at radius 2 is 1.95 bits per heavy atom. The van der Waals surface area contributed by atoms with E-state index >= 15 is 0 Å². The Balaban J connectivity index is 1.85. The maximum atomic E-state index is 11.7. The van der Waals surface area contributed by atoms with Crippen LogP contribution < -0.4 is 20.9 Å². The number of aromatic amines is 1. The molecule has 6 nitrogen and oxygen atoms in total. The number of H-pyrrole nitrogens is 1.